The molecule has 0 bridgehead atoms. The molecule has 1 unspecified atom stereocenters. The van der Waals surface area contributed by atoms with E-state index in [-0.39, 0.29) is 11.9 Å². The van der Waals surface area contributed by atoms with Gasteiger partial charge in [-0.3, -0.25) is 14.4 Å². The largest absolute Gasteiger partial charge is 0.383 e. The Morgan fingerprint density at radius 3 is 2.48 bits per heavy atom. The number of aromatic nitrogens is 2. The number of nitrogens with zero attached hydrogens (tertiary/aromatic N) is 4. The fraction of sp³-hybridized carbons (Fsp3) is 0.474. The van der Waals surface area contributed by atoms with Crippen LogP contribution in [-0.2, 0) is 23.1 Å². The predicted octanol–water partition coefficient (Wildman–Crippen LogP) is 2.01. The van der Waals surface area contributed by atoms with E-state index >= 15 is 0 Å². The topological polar surface area (TPSA) is 50.6 Å². The number of hydrogen-bond acceptors (Lipinski definition) is 4. The molecule has 0 aliphatic rings. The molecule has 0 aliphatic carbocycles. The van der Waals surface area contributed by atoms with Crippen molar-refractivity contribution in [1.82, 2.24) is 19.6 Å². The van der Waals surface area contributed by atoms with Gasteiger partial charge in [0.15, 0.2) is 0 Å². The van der Waals surface area contributed by atoms with Crippen molar-refractivity contribution in [2.45, 2.75) is 19.5 Å². The third kappa shape index (κ3) is 5.14. The van der Waals surface area contributed by atoms with Gasteiger partial charge in [0.1, 0.15) is 6.04 Å². The van der Waals surface area contributed by atoms with E-state index in [4.69, 9.17) is 4.74 Å². The Kier molecular flexibility index (Phi) is 6.73. The number of rotatable bonds is 8. The Balaban J connectivity index is 2.25. The van der Waals surface area contributed by atoms with Crippen molar-refractivity contribution in [2.24, 2.45) is 7.05 Å². The first-order valence-electron chi connectivity index (χ1n) is 8.40. The smallest absolute Gasteiger partial charge is 0.244 e. The van der Waals surface area contributed by atoms with Crippen LogP contribution in [0.25, 0.3) is 0 Å². The first-order chi connectivity index (χ1) is 11.9. The van der Waals surface area contributed by atoms with E-state index in [1.54, 1.807) is 18.0 Å². The van der Waals surface area contributed by atoms with Gasteiger partial charge in [0.25, 0.3) is 0 Å². The van der Waals surface area contributed by atoms with Crippen molar-refractivity contribution < 1.29 is 9.53 Å². The minimum absolute atomic E-state index is 0.0646. The summed E-state index contributed by atoms with van der Waals surface area (Å²) in [6.07, 6.45) is 3.73. The molecular formula is C19H28N4O2. The monoisotopic (exact) mass is 344 g/mol. The molecule has 1 heterocycles. The highest BCUT2D eigenvalue weighted by atomic mass is 16.5. The lowest BCUT2D eigenvalue weighted by Crippen LogP contribution is -2.41. The van der Waals surface area contributed by atoms with Gasteiger partial charge in [0.2, 0.25) is 5.91 Å². The standard InChI is InChI=1S/C19H28N4O2/c1-15-6-8-17(9-7-15)18(21(2)3)19(24)23(10-11-25-5)14-16-12-20-22(4)13-16/h6-9,12-13,18H,10-11,14H2,1-5H3. The lowest BCUT2D eigenvalue weighted by atomic mass is 10.0. The van der Waals surface area contributed by atoms with Crippen molar-refractivity contribution >= 4 is 5.91 Å². The van der Waals surface area contributed by atoms with Crippen LogP contribution in [0.1, 0.15) is 22.7 Å². The van der Waals surface area contributed by atoms with Gasteiger partial charge in [-0.25, -0.2) is 0 Å². The van der Waals surface area contributed by atoms with Gasteiger partial charge in [-0.2, -0.15) is 5.10 Å². The second-order valence-electron chi connectivity index (χ2n) is 6.55. The fourth-order valence-corrected chi connectivity index (χ4v) is 2.83. The van der Waals surface area contributed by atoms with E-state index in [1.807, 2.05) is 68.3 Å². The van der Waals surface area contributed by atoms with Crippen molar-refractivity contribution in [3.8, 4) is 0 Å². The molecule has 6 heteroatoms. The quantitative estimate of drug-likeness (QED) is 0.735. The number of amides is 1. The molecule has 25 heavy (non-hydrogen) atoms. The average molecular weight is 344 g/mol. The van der Waals surface area contributed by atoms with Crippen LogP contribution >= 0.6 is 0 Å². The van der Waals surface area contributed by atoms with Crippen LogP contribution in [0, 0.1) is 6.92 Å². The molecule has 0 spiro atoms. The molecule has 1 amide bonds. The van der Waals surface area contributed by atoms with Gasteiger partial charge < -0.3 is 9.64 Å². The third-order valence-corrected chi connectivity index (χ3v) is 4.15. The zero-order chi connectivity index (χ0) is 18.4. The lowest BCUT2D eigenvalue weighted by Gasteiger charge is -2.31. The molecule has 1 aromatic heterocycles. The number of likely N-dealkylation sites (N-methyl/N-ethyl adjacent to an activating group) is 1. The molecule has 136 valence electrons. The van der Waals surface area contributed by atoms with E-state index < -0.39 is 0 Å². The number of carbonyl (C=O) groups is 1. The van der Waals surface area contributed by atoms with E-state index in [2.05, 4.69) is 5.10 Å². The molecule has 2 rings (SSSR count). The molecular weight excluding hydrogens is 316 g/mol. The average Bonchev–Trinajstić information content (AvgIpc) is 2.98. The van der Waals surface area contributed by atoms with Crippen LogP contribution in [0.3, 0.4) is 0 Å². The Morgan fingerprint density at radius 2 is 1.96 bits per heavy atom. The van der Waals surface area contributed by atoms with Gasteiger partial charge in [-0.15, -0.1) is 0 Å². The highest BCUT2D eigenvalue weighted by Crippen LogP contribution is 2.22. The summed E-state index contributed by atoms with van der Waals surface area (Å²) in [7, 11) is 7.39. The highest BCUT2D eigenvalue weighted by molar-refractivity contribution is 5.83. The minimum atomic E-state index is -0.325. The summed E-state index contributed by atoms with van der Waals surface area (Å²) in [5.74, 6) is 0.0646. The molecule has 6 nitrogen and oxygen atoms in total. The molecule has 0 saturated heterocycles. The molecule has 0 fully saturated rings. The molecule has 2 aromatic rings. The van der Waals surface area contributed by atoms with Crippen LogP contribution in [-0.4, -0.2) is 59.8 Å². The summed E-state index contributed by atoms with van der Waals surface area (Å²) in [5.41, 5.74) is 3.18. The molecule has 0 radical (unpaired) electrons. The number of hydrogen-bond donors (Lipinski definition) is 0. The summed E-state index contributed by atoms with van der Waals surface area (Å²) >= 11 is 0. The highest BCUT2D eigenvalue weighted by Gasteiger charge is 2.28. The normalized spacial score (nSPS) is 12.4. The van der Waals surface area contributed by atoms with Crippen LogP contribution < -0.4 is 0 Å². The van der Waals surface area contributed by atoms with E-state index in [9.17, 15) is 4.79 Å². The Hall–Kier alpha value is -2.18. The predicted molar refractivity (Wildman–Crippen MR) is 98.1 cm³/mol. The Morgan fingerprint density at radius 1 is 1.28 bits per heavy atom. The summed E-state index contributed by atoms with van der Waals surface area (Å²) in [6.45, 7) is 3.61. The van der Waals surface area contributed by atoms with Crippen LogP contribution in [0.4, 0.5) is 0 Å². The zero-order valence-corrected chi connectivity index (χ0v) is 15.8. The Bertz CT molecular complexity index is 679. The zero-order valence-electron chi connectivity index (χ0n) is 15.8. The van der Waals surface area contributed by atoms with Gasteiger partial charge >= 0.3 is 0 Å². The van der Waals surface area contributed by atoms with Gasteiger partial charge in [-0.1, -0.05) is 29.8 Å². The summed E-state index contributed by atoms with van der Waals surface area (Å²) in [6, 6.07) is 7.81. The lowest BCUT2D eigenvalue weighted by molar-refractivity contribution is -0.137. The van der Waals surface area contributed by atoms with Crippen molar-refractivity contribution in [3.63, 3.8) is 0 Å². The molecule has 0 N–H and O–H groups in total. The van der Waals surface area contributed by atoms with Crippen LogP contribution in [0.5, 0.6) is 0 Å². The number of methoxy groups -OCH3 is 1. The number of aryl methyl sites for hydroxylation is 2. The summed E-state index contributed by atoms with van der Waals surface area (Å²) < 4.78 is 6.95. The summed E-state index contributed by atoms with van der Waals surface area (Å²) in [4.78, 5) is 17.1. The SMILES string of the molecule is COCCN(Cc1cnn(C)c1)C(=O)C(c1ccc(C)cc1)N(C)C. The maximum absolute atomic E-state index is 13.3. The maximum atomic E-state index is 13.3. The van der Waals surface area contributed by atoms with Crippen LogP contribution in [0.15, 0.2) is 36.7 Å². The van der Waals surface area contributed by atoms with Crippen molar-refractivity contribution in [1.29, 1.82) is 0 Å². The van der Waals surface area contributed by atoms with E-state index in [1.165, 1.54) is 5.56 Å². The van der Waals surface area contributed by atoms with E-state index in [0.717, 1.165) is 11.1 Å². The molecule has 1 atom stereocenters. The Labute approximate surface area is 150 Å². The second kappa shape index (κ2) is 8.78. The first kappa shape index (κ1) is 19.1. The maximum Gasteiger partial charge on any atom is 0.244 e. The number of benzene rings is 1. The third-order valence-electron chi connectivity index (χ3n) is 4.15. The first-order valence-corrected chi connectivity index (χ1v) is 8.40. The minimum Gasteiger partial charge on any atom is -0.383 e. The number of carbonyl (C=O) groups excluding carboxylic acids is 1. The van der Waals surface area contributed by atoms with Gasteiger partial charge in [0, 0.05) is 39.0 Å². The van der Waals surface area contributed by atoms with E-state index in [0.29, 0.717) is 19.7 Å². The summed E-state index contributed by atoms with van der Waals surface area (Å²) in [5, 5.41) is 4.19. The van der Waals surface area contributed by atoms with Crippen molar-refractivity contribution in [3.05, 3.63) is 53.3 Å². The molecule has 0 saturated carbocycles. The number of ether oxygens (including phenoxy) is 1. The second-order valence-corrected chi connectivity index (χ2v) is 6.55. The van der Waals surface area contributed by atoms with Gasteiger partial charge in [-0.05, 0) is 26.6 Å². The van der Waals surface area contributed by atoms with Crippen LogP contribution in [0.2, 0.25) is 0 Å². The molecule has 0 aliphatic heterocycles. The molecule has 1 aromatic carbocycles. The van der Waals surface area contributed by atoms with Gasteiger partial charge in [0.05, 0.1) is 12.8 Å². The fourth-order valence-electron chi connectivity index (χ4n) is 2.83. The van der Waals surface area contributed by atoms with Crippen molar-refractivity contribution in [2.75, 3.05) is 34.4 Å².